The lowest BCUT2D eigenvalue weighted by molar-refractivity contribution is -0.384. The number of carbonyl (C=O) groups excluding carboxylic acids is 1. The quantitative estimate of drug-likeness (QED) is 0.457. The van der Waals surface area contributed by atoms with Crippen molar-refractivity contribution >= 4 is 34.4 Å². The van der Waals surface area contributed by atoms with E-state index < -0.39 is 4.92 Å². The highest BCUT2D eigenvalue weighted by molar-refractivity contribution is 7.13. The lowest BCUT2D eigenvalue weighted by atomic mass is 9.97. The van der Waals surface area contributed by atoms with Crippen LogP contribution in [-0.2, 0) is 4.79 Å². The Balaban J connectivity index is 1.43. The van der Waals surface area contributed by atoms with Crippen LogP contribution in [0.5, 0.6) is 5.75 Å². The molecule has 0 spiro atoms. The molecule has 160 valence electrons. The third-order valence-electron chi connectivity index (χ3n) is 5.19. The zero-order chi connectivity index (χ0) is 21.8. The van der Waals surface area contributed by atoms with Gasteiger partial charge in [0, 0.05) is 19.2 Å². The molecular weight excluding hydrogens is 418 g/mol. The van der Waals surface area contributed by atoms with E-state index in [1.807, 2.05) is 29.6 Å². The Morgan fingerprint density at radius 1 is 1.29 bits per heavy atom. The summed E-state index contributed by atoms with van der Waals surface area (Å²) in [6.45, 7) is 1.33. The number of methoxy groups -OCH3 is 1. The van der Waals surface area contributed by atoms with Gasteiger partial charge in [-0.05, 0) is 42.5 Å². The molecule has 3 aromatic rings. The minimum absolute atomic E-state index is 0.0942. The number of ether oxygens (including phenoxy) is 1. The number of amides is 1. The van der Waals surface area contributed by atoms with Crippen LogP contribution in [0.1, 0.15) is 12.8 Å². The van der Waals surface area contributed by atoms with Gasteiger partial charge in [0.05, 0.1) is 34.6 Å². The number of carbonyl (C=O) groups is 1. The van der Waals surface area contributed by atoms with Gasteiger partial charge in [-0.1, -0.05) is 6.07 Å². The number of non-ortho nitro benzene ring substituents is 1. The summed E-state index contributed by atoms with van der Waals surface area (Å²) in [4.78, 5) is 26.5. The zero-order valence-electron chi connectivity index (χ0n) is 16.9. The number of piperidine rings is 1. The number of thiophene rings is 1. The van der Waals surface area contributed by atoms with Gasteiger partial charge in [0.1, 0.15) is 11.4 Å². The fourth-order valence-electron chi connectivity index (χ4n) is 3.58. The highest BCUT2D eigenvalue weighted by Gasteiger charge is 2.27. The molecule has 1 fully saturated rings. The first-order chi connectivity index (χ1) is 15.0. The van der Waals surface area contributed by atoms with Crippen LogP contribution in [0.4, 0.5) is 17.2 Å². The van der Waals surface area contributed by atoms with Crippen LogP contribution in [0.2, 0.25) is 0 Å². The van der Waals surface area contributed by atoms with Crippen molar-refractivity contribution in [3.8, 4) is 16.3 Å². The minimum atomic E-state index is -0.502. The molecular formula is C21H21N5O4S. The highest BCUT2D eigenvalue weighted by Crippen LogP contribution is 2.31. The Morgan fingerprint density at radius 3 is 2.84 bits per heavy atom. The molecule has 1 saturated heterocycles. The van der Waals surface area contributed by atoms with E-state index >= 15 is 0 Å². The third kappa shape index (κ3) is 4.64. The molecule has 1 aliphatic rings. The molecule has 0 radical (unpaired) electrons. The van der Waals surface area contributed by atoms with Gasteiger partial charge in [-0.25, -0.2) is 0 Å². The van der Waals surface area contributed by atoms with Gasteiger partial charge in [-0.15, -0.1) is 21.5 Å². The van der Waals surface area contributed by atoms with Crippen molar-refractivity contribution < 1.29 is 14.5 Å². The minimum Gasteiger partial charge on any atom is -0.494 e. The van der Waals surface area contributed by atoms with Gasteiger partial charge >= 0.3 is 0 Å². The van der Waals surface area contributed by atoms with Crippen LogP contribution >= 0.6 is 11.3 Å². The summed E-state index contributed by atoms with van der Waals surface area (Å²) in [7, 11) is 1.41. The molecule has 2 aromatic heterocycles. The smallest absolute Gasteiger partial charge is 0.273 e. The Bertz CT molecular complexity index is 1070. The van der Waals surface area contributed by atoms with Crippen molar-refractivity contribution in [2.24, 2.45) is 5.92 Å². The highest BCUT2D eigenvalue weighted by atomic mass is 32.1. The number of hydrogen-bond donors (Lipinski definition) is 1. The average molecular weight is 439 g/mol. The van der Waals surface area contributed by atoms with Crippen LogP contribution in [-0.4, -0.2) is 41.2 Å². The maximum Gasteiger partial charge on any atom is 0.273 e. The Hall–Kier alpha value is -3.53. The fraction of sp³-hybridized carbons (Fsp3) is 0.286. The number of nitro benzene ring substituents is 1. The molecule has 1 atom stereocenters. The van der Waals surface area contributed by atoms with Gasteiger partial charge in [0.15, 0.2) is 5.82 Å². The molecule has 1 amide bonds. The number of rotatable bonds is 6. The van der Waals surface area contributed by atoms with E-state index in [1.54, 1.807) is 11.3 Å². The second-order valence-electron chi connectivity index (χ2n) is 7.17. The number of nitro groups is 1. The van der Waals surface area contributed by atoms with Crippen molar-refractivity contribution in [2.75, 3.05) is 30.4 Å². The van der Waals surface area contributed by atoms with Crippen LogP contribution < -0.4 is 15.0 Å². The van der Waals surface area contributed by atoms with Crippen molar-refractivity contribution in [1.29, 1.82) is 0 Å². The summed E-state index contributed by atoms with van der Waals surface area (Å²) in [5.74, 6) is 0.600. The summed E-state index contributed by atoms with van der Waals surface area (Å²) in [5.41, 5.74) is 1.15. The number of nitrogens with one attached hydrogen (secondary N) is 1. The van der Waals surface area contributed by atoms with Crippen LogP contribution in [0.15, 0.2) is 47.8 Å². The van der Waals surface area contributed by atoms with Crippen LogP contribution in [0.3, 0.4) is 0 Å². The van der Waals surface area contributed by atoms with Gasteiger partial charge in [-0.3, -0.25) is 14.9 Å². The van der Waals surface area contributed by atoms with E-state index in [0.717, 1.165) is 35.8 Å². The van der Waals surface area contributed by atoms with Crippen LogP contribution in [0.25, 0.3) is 10.6 Å². The standard InChI is InChI=1S/C21H21N5O4S/c1-30-18-12-15(26(28)29)6-7-16(18)22-21(27)14-4-2-10-25(13-14)20-9-8-17(23-24-20)19-5-3-11-31-19/h3,5-9,11-12,14H,2,4,10,13H2,1H3,(H,22,27). The molecule has 0 bridgehead atoms. The molecule has 1 unspecified atom stereocenters. The van der Waals surface area contributed by atoms with Crippen molar-refractivity contribution in [3.63, 3.8) is 0 Å². The van der Waals surface area contributed by atoms with Gasteiger partial charge in [-0.2, -0.15) is 0 Å². The van der Waals surface area contributed by atoms with Crippen molar-refractivity contribution in [3.05, 3.63) is 58.0 Å². The molecule has 1 aliphatic heterocycles. The fourth-order valence-corrected chi connectivity index (χ4v) is 4.27. The molecule has 0 aliphatic carbocycles. The number of anilines is 2. The topological polar surface area (TPSA) is 110 Å². The largest absolute Gasteiger partial charge is 0.494 e. The Labute approximate surface area is 182 Å². The zero-order valence-corrected chi connectivity index (χ0v) is 17.7. The third-order valence-corrected chi connectivity index (χ3v) is 6.09. The molecule has 4 rings (SSSR count). The summed E-state index contributed by atoms with van der Waals surface area (Å²) in [6.07, 6.45) is 1.60. The van der Waals surface area contributed by atoms with Gasteiger partial charge in [0.25, 0.3) is 5.69 Å². The van der Waals surface area contributed by atoms with E-state index in [0.29, 0.717) is 12.2 Å². The van der Waals surface area contributed by atoms with E-state index in [1.165, 1.54) is 25.3 Å². The second-order valence-corrected chi connectivity index (χ2v) is 8.12. The Morgan fingerprint density at radius 2 is 2.16 bits per heavy atom. The molecule has 1 N–H and O–H groups in total. The molecule has 1 aromatic carbocycles. The van der Waals surface area contributed by atoms with Crippen molar-refractivity contribution in [1.82, 2.24) is 10.2 Å². The van der Waals surface area contributed by atoms with Crippen molar-refractivity contribution in [2.45, 2.75) is 12.8 Å². The predicted molar refractivity (Wildman–Crippen MR) is 119 cm³/mol. The number of nitrogens with zero attached hydrogens (tertiary/aromatic N) is 4. The molecule has 9 nitrogen and oxygen atoms in total. The SMILES string of the molecule is COc1cc([N+](=O)[O-])ccc1NC(=O)C1CCCN(c2ccc(-c3cccs3)nn2)C1. The normalized spacial score (nSPS) is 16.0. The molecule has 10 heteroatoms. The number of aromatic nitrogens is 2. The summed E-state index contributed by atoms with van der Waals surface area (Å²) in [6, 6.07) is 12.0. The van der Waals surface area contributed by atoms with E-state index in [9.17, 15) is 14.9 Å². The monoisotopic (exact) mass is 439 g/mol. The average Bonchev–Trinajstić information content (AvgIpc) is 3.34. The van der Waals surface area contributed by atoms with E-state index in [-0.39, 0.29) is 23.3 Å². The van der Waals surface area contributed by atoms with Crippen LogP contribution in [0, 0.1) is 16.0 Å². The lowest BCUT2D eigenvalue weighted by Gasteiger charge is -2.32. The maximum absolute atomic E-state index is 12.9. The van der Waals surface area contributed by atoms with Gasteiger partial charge in [0.2, 0.25) is 5.91 Å². The summed E-state index contributed by atoms with van der Waals surface area (Å²) >= 11 is 1.61. The molecule has 3 heterocycles. The lowest BCUT2D eigenvalue weighted by Crippen LogP contribution is -2.41. The van der Waals surface area contributed by atoms with E-state index in [2.05, 4.69) is 20.4 Å². The van der Waals surface area contributed by atoms with Gasteiger partial charge < -0.3 is 15.0 Å². The first-order valence-corrected chi connectivity index (χ1v) is 10.7. The Kier molecular flexibility index (Phi) is 6.08. The summed E-state index contributed by atoms with van der Waals surface area (Å²) < 4.78 is 5.21. The predicted octanol–water partition coefficient (Wildman–Crippen LogP) is 3.98. The first-order valence-electron chi connectivity index (χ1n) is 9.81. The van der Waals surface area contributed by atoms with E-state index in [4.69, 9.17) is 4.74 Å². The summed E-state index contributed by atoms with van der Waals surface area (Å²) in [5, 5.41) is 24.5. The number of hydrogen-bond acceptors (Lipinski definition) is 8. The first kappa shape index (κ1) is 20.7. The number of benzene rings is 1. The maximum atomic E-state index is 12.9. The molecule has 31 heavy (non-hydrogen) atoms. The molecule has 0 saturated carbocycles. The second kappa shape index (κ2) is 9.09.